The standard InChI is InChI=1S/C14H19NO/c1-11(12-7-3-2-4-8-12)15-13-9-5-6-10-14(13)16/h2-8,11,13-16H,9-10H2,1H3/t11-,13+,14+/m0/s1. The molecular weight excluding hydrogens is 198 g/mol. The van der Waals surface area contributed by atoms with Gasteiger partial charge >= 0.3 is 0 Å². The normalized spacial score (nSPS) is 26.6. The van der Waals surface area contributed by atoms with Gasteiger partial charge in [-0.05, 0) is 25.3 Å². The molecule has 2 heteroatoms. The van der Waals surface area contributed by atoms with Crippen LogP contribution in [0.3, 0.4) is 0 Å². The second kappa shape index (κ2) is 5.28. The largest absolute Gasteiger partial charge is 0.391 e. The van der Waals surface area contributed by atoms with Crippen LogP contribution in [0.4, 0.5) is 0 Å². The third kappa shape index (κ3) is 2.71. The van der Waals surface area contributed by atoms with E-state index in [0.717, 1.165) is 12.8 Å². The first kappa shape index (κ1) is 11.4. The van der Waals surface area contributed by atoms with Crippen molar-refractivity contribution in [2.75, 3.05) is 0 Å². The summed E-state index contributed by atoms with van der Waals surface area (Å²) in [6.07, 6.45) is 5.62. The minimum absolute atomic E-state index is 0.181. The molecule has 3 atom stereocenters. The minimum Gasteiger partial charge on any atom is -0.391 e. The summed E-state index contributed by atoms with van der Waals surface area (Å²) < 4.78 is 0. The second-order valence-corrected chi connectivity index (χ2v) is 4.42. The predicted molar refractivity (Wildman–Crippen MR) is 66.2 cm³/mol. The highest BCUT2D eigenvalue weighted by molar-refractivity contribution is 5.18. The predicted octanol–water partition coefficient (Wildman–Crippen LogP) is 2.42. The van der Waals surface area contributed by atoms with E-state index in [1.807, 2.05) is 18.2 Å². The molecule has 1 aromatic rings. The SMILES string of the molecule is C[C@H](N[C@@H]1CC=CC[C@H]1O)c1ccccc1. The van der Waals surface area contributed by atoms with Crippen LogP contribution in [0.15, 0.2) is 42.5 Å². The Morgan fingerprint density at radius 1 is 1.19 bits per heavy atom. The van der Waals surface area contributed by atoms with E-state index < -0.39 is 0 Å². The molecule has 0 spiro atoms. The zero-order chi connectivity index (χ0) is 11.4. The van der Waals surface area contributed by atoms with Crippen LogP contribution >= 0.6 is 0 Å². The Morgan fingerprint density at radius 2 is 1.88 bits per heavy atom. The van der Waals surface area contributed by atoms with Gasteiger partial charge < -0.3 is 10.4 Å². The Bertz CT molecular complexity index is 347. The van der Waals surface area contributed by atoms with E-state index in [4.69, 9.17) is 0 Å². The molecule has 1 aromatic carbocycles. The summed E-state index contributed by atoms with van der Waals surface area (Å²) in [7, 11) is 0. The van der Waals surface area contributed by atoms with Crippen LogP contribution in [0.2, 0.25) is 0 Å². The lowest BCUT2D eigenvalue weighted by molar-refractivity contribution is 0.120. The first-order valence-electron chi connectivity index (χ1n) is 5.91. The highest BCUT2D eigenvalue weighted by atomic mass is 16.3. The van der Waals surface area contributed by atoms with E-state index in [1.54, 1.807) is 0 Å². The van der Waals surface area contributed by atoms with Crippen molar-refractivity contribution in [1.82, 2.24) is 5.32 Å². The van der Waals surface area contributed by atoms with Crippen molar-refractivity contribution in [3.63, 3.8) is 0 Å². The molecule has 1 aliphatic carbocycles. The van der Waals surface area contributed by atoms with E-state index in [2.05, 4.69) is 36.5 Å². The summed E-state index contributed by atoms with van der Waals surface area (Å²) in [5, 5.41) is 13.3. The first-order valence-corrected chi connectivity index (χ1v) is 5.91. The quantitative estimate of drug-likeness (QED) is 0.762. The molecule has 0 aromatic heterocycles. The molecule has 0 fully saturated rings. The molecule has 0 aliphatic heterocycles. The molecule has 0 unspecified atom stereocenters. The third-order valence-electron chi connectivity index (χ3n) is 3.16. The number of benzene rings is 1. The van der Waals surface area contributed by atoms with Crippen molar-refractivity contribution >= 4 is 0 Å². The van der Waals surface area contributed by atoms with Crippen molar-refractivity contribution in [2.45, 2.75) is 38.0 Å². The molecule has 0 radical (unpaired) electrons. The zero-order valence-corrected chi connectivity index (χ0v) is 9.63. The highest BCUT2D eigenvalue weighted by Gasteiger charge is 2.21. The van der Waals surface area contributed by atoms with Crippen LogP contribution in [0, 0.1) is 0 Å². The van der Waals surface area contributed by atoms with E-state index in [0.29, 0.717) is 0 Å². The van der Waals surface area contributed by atoms with Crippen molar-refractivity contribution in [3.8, 4) is 0 Å². The number of hydrogen-bond donors (Lipinski definition) is 2. The molecule has 1 aliphatic rings. The Balaban J connectivity index is 1.97. The second-order valence-electron chi connectivity index (χ2n) is 4.42. The van der Waals surface area contributed by atoms with Gasteiger partial charge in [-0.3, -0.25) is 0 Å². The van der Waals surface area contributed by atoms with Crippen LogP contribution in [0.5, 0.6) is 0 Å². The van der Waals surface area contributed by atoms with Crippen molar-refractivity contribution in [2.24, 2.45) is 0 Å². The van der Waals surface area contributed by atoms with Crippen molar-refractivity contribution in [1.29, 1.82) is 0 Å². The minimum atomic E-state index is -0.254. The molecule has 2 rings (SSSR count). The lowest BCUT2D eigenvalue weighted by Crippen LogP contribution is -2.41. The molecule has 0 saturated carbocycles. The van der Waals surface area contributed by atoms with Crippen molar-refractivity contribution < 1.29 is 5.11 Å². The highest BCUT2D eigenvalue weighted by Crippen LogP contribution is 2.18. The maximum atomic E-state index is 9.85. The van der Waals surface area contributed by atoms with E-state index in [-0.39, 0.29) is 18.2 Å². The Kier molecular flexibility index (Phi) is 3.75. The van der Waals surface area contributed by atoms with Gasteiger partial charge in [-0.2, -0.15) is 0 Å². The molecule has 16 heavy (non-hydrogen) atoms. The molecule has 2 nitrogen and oxygen atoms in total. The Hall–Kier alpha value is -1.12. The molecule has 2 N–H and O–H groups in total. The van der Waals surface area contributed by atoms with Crippen LogP contribution in [-0.2, 0) is 0 Å². The van der Waals surface area contributed by atoms with Gasteiger partial charge in [0.25, 0.3) is 0 Å². The monoisotopic (exact) mass is 217 g/mol. The Labute approximate surface area is 97.0 Å². The number of nitrogens with one attached hydrogen (secondary N) is 1. The van der Waals surface area contributed by atoms with Gasteiger partial charge in [0.2, 0.25) is 0 Å². The van der Waals surface area contributed by atoms with Gasteiger partial charge in [-0.25, -0.2) is 0 Å². The summed E-state index contributed by atoms with van der Waals surface area (Å²) in [4.78, 5) is 0. The Morgan fingerprint density at radius 3 is 2.56 bits per heavy atom. The van der Waals surface area contributed by atoms with Gasteiger partial charge in [-0.1, -0.05) is 42.5 Å². The van der Waals surface area contributed by atoms with Gasteiger partial charge in [0.15, 0.2) is 0 Å². The van der Waals surface area contributed by atoms with E-state index >= 15 is 0 Å². The molecule has 0 heterocycles. The van der Waals surface area contributed by atoms with Crippen LogP contribution in [0.1, 0.15) is 31.4 Å². The number of aliphatic hydroxyl groups is 1. The molecule has 0 saturated heterocycles. The molecular formula is C14H19NO. The maximum absolute atomic E-state index is 9.85. The van der Waals surface area contributed by atoms with Crippen LogP contribution < -0.4 is 5.32 Å². The maximum Gasteiger partial charge on any atom is 0.0730 e. The third-order valence-corrected chi connectivity index (χ3v) is 3.16. The number of aliphatic hydroxyl groups excluding tert-OH is 1. The van der Waals surface area contributed by atoms with Gasteiger partial charge in [0.05, 0.1) is 6.10 Å². The van der Waals surface area contributed by atoms with Crippen molar-refractivity contribution in [3.05, 3.63) is 48.0 Å². The smallest absolute Gasteiger partial charge is 0.0730 e. The summed E-state index contributed by atoms with van der Waals surface area (Å²) in [5.41, 5.74) is 1.27. The summed E-state index contributed by atoms with van der Waals surface area (Å²) >= 11 is 0. The van der Waals surface area contributed by atoms with Gasteiger partial charge in [0.1, 0.15) is 0 Å². The van der Waals surface area contributed by atoms with E-state index in [1.165, 1.54) is 5.56 Å². The summed E-state index contributed by atoms with van der Waals surface area (Å²) in [5.74, 6) is 0. The van der Waals surface area contributed by atoms with Crippen LogP contribution in [-0.4, -0.2) is 17.3 Å². The van der Waals surface area contributed by atoms with Gasteiger partial charge in [-0.15, -0.1) is 0 Å². The zero-order valence-electron chi connectivity index (χ0n) is 9.63. The lowest BCUT2D eigenvalue weighted by Gasteiger charge is -2.28. The van der Waals surface area contributed by atoms with E-state index in [9.17, 15) is 5.11 Å². The average Bonchev–Trinajstić information content (AvgIpc) is 2.33. The van der Waals surface area contributed by atoms with Gasteiger partial charge in [0, 0.05) is 12.1 Å². The lowest BCUT2D eigenvalue weighted by atomic mass is 9.97. The fourth-order valence-electron chi connectivity index (χ4n) is 2.14. The molecule has 0 amide bonds. The molecule has 0 bridgehead atoms. The summed E-state index contributed by atoms with van der Waals surface area (Å²) in [6, 6.07) is 10.8. The van der Waals surface area contributed by atoms with Crippen LogP contribution in [0.25, 0.3) is 0 Å². The number of rotatable bonds is 3. The fourth-order valence-corrected chi connectivity index (χ4v) is 2.14. The molecule has 86 valence electrons. The topological polar surface area (TPSA) is 32.3 Å². The number of hydrogen-bond acceptors (Lipinski definition) is 2. The average molecular weight is 217 g/mol. The fraction of sp³-hybridized carbons (Fsp3) is 0.429. The first-order chi connectivity index (χ1) is 7.77. The summed E-state index contributed by atoms with van der Waals surface area (Å²) in [6.45, 7) is 2.14.